The van der Waals surface area contributed by atoms with Crippen molar-refractivity contribution in [2.24, 2.45) is 5.41 Å². The highest BCUT2D eigenvalue weighted by Crippen LogP contribution is 2.74. The molecule has 0 aliphatic carbocycles. The van der Waals surface area contributed by atoms with Crippen molar-refractivity contribution in [3.05, 3.63) is 215 Å². The lowest BCUT2D eigenvalue weighted by molar-refractivity contribution is 0.141. The van der Waals surface area contributed by atoms with Gasteiger partial charge in [-0.3, -0.25) is 0 Å². The van der Waals surface area contributed by atoms with E-state index in [1.165, 1.54) is 33.4 Å². The van der Waals surface area contributed by atoms with Gasteiger partial charge in [0.1, 0.15) is 0 Å². The van der Waals surface area contributed by atoms with E-state index < -0.39 is 20.9 Å². The van der Waals surface area contributed by atoms with Gasteiger partial charge in [-0.1, -0.05) is 189 Å². The lowest BCUT2D eigenvalue weighted by Gasteiger charge is -2.65. The summed E-state index contributed by atoms with van der Waals surface area (Å²) in [6.07, 6.45) is 0. The minimum Gasteiger partial charge on any atom is -0.121 e. The van der Waals surface area contributed by atoms with Gasteiger partial charge in [0.25, 0.3) is 0 Å². The molecule has 0 saturated heterocycles. The van der Waals surface area contributed by atoms with Gasteiger partial charge in [0, 0.05) is 20.9 Å². The van der Waals surface area contributed by atoms with Crippen molar-refractivity contribution in [3.63, 3.8) is 0 Å². The second-order valence-electron chi connectivity index (χ2n) is 11.7. The highest BCUT2D eigenvalue weighted by Gasteiger charge is 2.67. The summed E-state index contributed by atoms with van der Waals surface area (Å²) in [7, 11) is 10.3. The van der Waals surface area contributed by atoms with Gasteiger partial charge in [-0.05, 0) is 33.4 Å². The van der Waals surface area contributed by atoms with Crippen LogP contribution >= 0.6 is 27.7 Å². The summed E-state index contributed by atoms with van der Waals surface area (Å²) in [5.74, 6) is 0. The molecule has 44 heavy (non-hydrogen) atoms. The van der Waals surface area contributed by atoms with Crippen molar-refractivity contribution >= 4 is 27.7 Å². The summed E-state index contributed by atoms with van der Waals surface area (Å²) in [5, 5.41) is -1.80. The van der Waals surface area contributed by atoms with Crippen molar-refractivity contribution in [1.29, 1.82) is 0 Å². The first-order valence-electron chi connectivity index (χ1n) is 15.1. The van der Waals surface area contributed by atoms with Gasteiger partial charge >= 0.3 is 0 Å². The maximum atomic E-state index is 3.44. The van der Waals surface area contributed by atoms with Gasteiger partial charge in [0.2, 0.25) is 0 Å². The minimum absolute atomic E-state index is 0.601. The molecule has 6 aromatic carbocycles. The highest BCUT2D eigenvalue weighted by atomic mass is 31.0. The molecule has 6 rings (SSSR count). The second kappa shape index (κ2) is 12.5. The summed E-state index contributed by atoms with van der Waals surface area (Å²) in [4.78, 5) is 0. The topological polar surface area (TPSA) is 0 Å². The Morgan fingerprint density at radius 1 is 0.273 bits per heavy atom. The third-order valence-electron chi connectivity index (χ3n) is 9.74. The lowest BCUT2D eigenvalue weighted by Crippen LogP contribution is -2.62. The Morgan fingerprint density at radius 3 is 0.545 bits per heavy atom. The van der Waals surface area contributed by atoms with Crippen LogP contribution in [0.5, 0.6) is 0 Å². The van der Waals surface area contributed by atoms with Crippen molar-refractivity contribution < 1.29 is 0 Å². The van der Waals surface area contributed by atoms with Gasteiger partial charge in [-0.25, -0.2) is 0 Å². The Balaban J connectivity index is 1.89. The monoisotopic (exact) mass is 624 g/mol. The maximum Gasteiger partial charge on any atom is 0.0427 e. The third kappa shape index (κ3) is 4.72. The summed E-state index contributed by atoms with van der Waals surface area (Å²) < 4.78 is 0. The average molecular weight is 625 g/mol. The number of hydrogen-bond donors (Lipinski definition) is 0. The number of benzene rings is 6. The van der Waals surface area contributed by atoms with Crippen molar-refractivity contribution in [2.75, 3.05) is 0 Å². The molecule has 0 spiro atoms. The van der Waals surface area contributed by atoms with E-state index in [4.69, 9.17) is 0 Å². The van der Waals surface area contributed by atoms with Gasteiger partial charge in [0.15, 0.2) is 0 Å². The first kappa shape index (κ1) is 30.6. The van der Waals surface area contributed by atoms with Crippen LogP contribution in [0.15, 0.2) is 182 Å². The van der Waals surface area contributed by atoms with E-state index in [9.17, 15) is 0 Å². The predicted molar refractivity (Wildman–Crippen MR) is 198 cm³/mol. The van der Waals surface area contributed by atoms with E-state index in [0.717, 1.165) is 0 Å². The minimum atomic E-state index is -0.624. The van der Waals surface area contributed by atoms with E-state index in [2.05, 4.69) is 217 Å². The van der Waals surface area contributed by atoms with Crippen molar-refractivity contribution in [3.8, 4) is 0 Å². The molecule has 218 valence electrons. The third-order valence-corrected chi connectivity index (χ3v) is 13.5. The summed E-state index contributed by atoms with van der Waals surface area (Å²) in [5.41, 5.74) is 6.77. The van der Waals surface area contributed by atoms with Crippen LogP contribution in [0.1, 0.15) is 40.3 Å². The highest BCUT2D eigenvalue weighted by molar-refractivity contribution is 7.22. The number of rotatable bonds is 9. The standard InChI is InChI=1S/C41H39P3/c1-38(39(42,32-20-8-2-9-21-32)33-22-10-3-11-23-33,40(43,34-24-12-4-13-25-34)35-26-14-5-15-27-35)41(44,36-28-16-6-17-29-36)37-30-18-7-19-31-37/h2-31H,42-44H2,1H3. The zero-order chi connectivity index (χ0) is 30.7. The normalized spacial score (nSPS) is 12.5. The van der Waals surface area contributed by atoms with Crippen LogP contribution in [0.2, 0.25) is 0 Å². The Morgan fingerprint density at radius 2 is 0.409 bits per heavy atom. The molecule has 0 nitrogen and oxygen atoms in total. The fourth-order valence-corrected chi connectivity index (χ4v) is 10.4. The van der Waals surface area contributed by atoms with Crippen LogP contribution < -0.4 is 0 Å². The van der Waals surface area contributed by atoms with Gasteiger partial charge in [-0.2, -0.15) is 0 Å². The molecule has 3 atom stereocenters. The summed E-state index contributed by atoms with van der Waals surface area (Å²) >= 11 is 0. The van der Waals surface area contributed by atoms with Crippen LogP contribution in [0.25, 0.3) is 0 Å². The second-order valence-corrected chi connectivity index (χ2v) is 14.3. The van der Waals surface area contributed by atoms with Gasteiger partial charge in [-0.15, -0.1) is 27.7 Å². The van der Waals surface area contributed by atoms with E-state index in [1.807, 2.05) is 0 Å². The molecule has 0 fully saturated rings. The van der Waals surface area contributed by atoms with Gasteiger partial charge in [0.05, 0.1) is 0 Å². The Bertz CT molecular complexity index is 1440. The first-order chi connectivity index (χ1) is 21.4. The molecule has 0 aliphatic rings. The SMILES string of the molecule is CC(C(P)(c1ccccc1)c1ccccc1)(C(P)(c1ccccc1)c1ccccc1)C(P)(c1ccccc1)c1ccccc1. The first-order valence-corrected chi connectivity index (χ1v) is 16.8. The fourth-order valence-electron chi connectivity index (χ4n) is 7.37. The largest absolute Gasteiger partial charge is 0.121 e. The van der Waals surface area contributed by atoms with Crippen LogP contribution in [-0.4, -0.2) is 0 Å². The summed E-state index contributed by atoms with van der Waals surface area (Å²) in [6, 6.07) is 66.2. The van der Waals surface area contributed by atoms with Crippen LogP contribution in [0, 0.1) is 5.41 Å². The van der Waals surface area contributed by atoms with Crippen molar-refractivity contribution in [1.82, 2.24) is 0 Å². The zero-order valence-corrected chi connectivity index (χ0v) is 28.5. The van der Waals surface area contributed by atoms with Crippen LogP contribution in [-0.2, 0) is 15.5 Å². The van der Waals surface area contributed by atoms with E-state index in [0.29, 0.717) is 0 Å². The molecule has 0 aliphatic heterocycles. The van der Waals surface area contributed by atoms with E-state index >= 15 is 0 Å². The van der Waals surface area contributed by atoms with E-state index in [1.54, 1.807) is 0 Å². The zero-order valence-electron chi connectivity index (χ0n) is 25.1. The van der Waals surface area contributed by atoms with Crippen molar-refractivity contribution in [2.45, 2.75) is 22.4 Å². The molecule has 0 radical (unpaired) electrons. The molecule has 3 unspecified atom stereocenters. The number of hydrogen-bond acceptors (Lipinski definition) is 0. The molecule has 0 heterocycles. The molecule has 0 N–H and O–H groups in total. The maximum absolute atomic E-state index is 3.44. The van der Waals surface area contributed by atoms with Crippen LogP contribution in [0.3, 0.4) is 0 Å². The Kier molecular flexibility index (Phi) is 8.73. The predicted octanol–water partition coefficient (Wildman–Crippen LogP) is 10.4. The Labute approximate surface area is 270 Å². The molecular formula is C41H39P3. The molecular weight excluding hydrogens is 585 g/mol. The molecule has 0 aromatic heterocycles. The quantitative estimate of drug-likeness (QED) is 0.140. The lowest BCUT2D eigenvalue weighted by atomic mass is 9.50. The average Bonchev–Trinajstić information content (AvgIpc) is 3.12. The molecule has 0 amide bonds. The Hall–Kier alpha value is -3.39. The fraction of sp³-hybridized carbons (Fsp3) is 0.122. The molecule has 6 aromatic rings. The van der Waals surface area contributed by atoms with Gasteiger partial charge < -0.3 is 0 Å². The van der Waals surface area contributed by atoms with Crippen LogP contribution in [0.4, 0.5) is 0 Å². The summed E-state index contributed by atoms with van der Waals surface area (Å²) in [6.45, 7) is 2.50. The molecule has 0 saturated carbocycles. The molecule has 3 heteroatoms. The smallest absolute Gasteiger partial charge is 0.0427 e. The van der Waals surface area contributed by atoms with E-state index in [-0.39, 0.29) is 0 Å². The molecule has 0 bridgehead atoms.